The summed E-state index contributed by atoms with van der Waals surface area (Å²) < 4.78 is 10.1. The third-order valence-corrected chi connectivity index (χ3v) is 2.69. The molecule has 0 heterocycles. The van der Waals surface area contributed by atoms with Crippen LogP contribution in [0.15, 0.2) is 24.3 Å². The van der Waals surface area contributed by atoms with E-state index >= 15 is 0 Å². The molecule has 1 aromatic carbocycles. The van der Waals surface area contributed by atoms with E-state index in [-0.39, 0.29) is 0 Å². The molecule has 22 heavy (non-hydrogen) atoms. The molecule has 0 unspecified atom stereocenters. The van der Waals surface area contributed by atoms with E-state index in [9.17, 15) is 14.7 Å². The number of benzene rings is 1. The van der Waals surface area contributed by atoms with E-state index in [0.717, 1.165) is 0 Å². The number of nitrogens with one attached hydrogen (secondary N) is 1. The summed E-state index contributed by atoms with van der Waals surface area (Å²) in [5, 5.41) is 21.2. The van der Waals surface area contributed by atoms with E-state index in [1.54, 1.807) is 39.0 Å². The molecule has 0 bridgehead atoms. The molecule has 1 amide bonds. The number of carboxylic acid groups (broad SMARTS) is 1. The molecule has 1 rings (SSSR count). The smallest absolute Gasteiger partial charge is 0.408 e. The van der Waals surface area contributed by atoms with Crippen molar-refractivity contribution in [2.75, 3.05) is 7.11 Å². The molecule has 0 spiro atoms. The summed E-state index contributed by atoms with van der Waals surface area (Å²) in [4.78, 5) is 22.9. The topological polar surface area (TPSA) is 105 Å². The van der Waals surface area contributed by atoms with E-state index in [1.807, 2.05) is 0 Å². The van der Waals surface area contributed by atoms with Crippen LogP contribution in [-0.2, 0) is 9.53 Å². The van der Waals surface area contributed by atoms with Crippen LogP contribution >= 0.6 is 0 Å². The average Bonchev–Trinajstić information content (AvgIpc) is 2.42. The first-order valence-electron chi connectivity index (χ1n) is 6.68. The van der Waals surface area contributed by atoms with Crippen molar-refractivity contribution in [2.45, 2.75) is 38.5 Å². The molecule has 0 aliphatic heterocycles. The highest BCUT2D eigenvalue weighted by Gasteiger charge is 2.30. The van der Waals surface area contributed by atoms with E-state index in [0.29, 0.717) is 11.3 Å². The number of alkyl carbamates (subject to hydrolysis) is 1. The van der Waals surface area contributed by atoms with Gasteiger partial charge in [0.25, 0.3) is 0 Å². The number of carbonyl (C=O) groups is 2. The lowest BCUT2D eigenvalue weighted by molar-refractivity contribution is -0.148. The average molecular weight is 311 g/mol. The molecule has 0 saturated heterocycles. The highest BCUT2D eigenvalue weighted by atomic mass is 16.6. The Balaban J connectivity index is 3.03. The molecular formula is C15H21NO6. The number of aliphatic hydroxyl groups is 1. The summed E-state index contributed by atoms with van der Waals surface area (Å²) in [5.74, 6) is -0.977. The Morgan fingerprint density at radius 3 is 2.41 bits per heavy atom. The summed E-state index contributed by atoms with van der Waals surface area (Å²) in [6.07, 6.45) is -2.64. The maximum absolute atomic E-state index is 11.9. The minimum atomic E-state index is -1.82. The number of aliphatic hydroxyl groups excluding tert-OH is 1. The molecule has 0 aliphatic rings. The lowest BCUT2D eigenvalue weighted by Crippen LogP contribution is -2.42. The van der Waals surface area contributed by atoms with Crippen LogP contribution in [0.3, 0.4) is 0 Å². The van der Waals surface area contributed by atoms with Gasteiger partial charge in [-0.25, -0.2) is 9.59 Å². The number of hydrogen-bond donors (Lipinski definition) is 3. The largest absolute Gasteiger partial charge is 0.497 e. The van der Waals surface area contributed by atoms with Crippen LogP contribution in [-0.4, -0.2) is 41.1 Å². The molecule has 122 valence electrons. The molecule has 0 aromatic heterocycles. The van der Waals surface area contributed by atoms with Crippen LogP contribution in [0.4, 0.5) is 4.79 Å². The summed E-state index contributed by atoms with van der Waals surface area (Å²) >= 11 is 0. The predicted molar refractivity (Wildman–Crippen MR) is 78.7 cm³/mol. The minimum Gasteiger partial charge on any atom is -0.497 e. The second-order valence-electron chi connectivity index (χ2n) is 5.68. The van der Waals surface area contributed by atoms with Crippen LogP contribution in [0.2, 0.25) is 0 Å². The zero-order valence-electron chi connectivity index (χ0n) is 13.0. The molecule has 2 atom stereocenters. The van der Waals surface area contributed by atoms with Gasteiger partial charge in [0, 0.05) is 0 Å². The standard InChI is InChI=1S/C15H21NO6/c1-15(2,3)22-14(20)16-11(12(17)13(18)19)9-6-5-7-10(8-9)21-4/h5-8,11-12,17H,1-4H3,(H,16,20)(H,18,19)/t11-,12-/m0/s1. The normalized spacial score (nSPS) is 13.9. The van der Waals surface area contributed by atoms with Crippen molar-refractivity contribution in [3.05, 3.63) is 29.8 Å². The lowest BCUT2D eigenvalue weighted by atomic mass is 10.0. The summed E-state index contributed by atoms with van der Waals surface area (Å²) in [6.45, 7) is 5.04. The number of ether oxygens (including phenoxy) is 2. The first-order valence-corrected chi connectivity index (χ1v) is 6.68. The second kappa shape index (κ2) is 7.13. The van der Waals surface area contributed by atoms with Crippen molar-refractivity contribution in [3.8, 4) is 5.75 Å². The first-order chi connectivity index (χ1) is 10.1. The van der Waals surface area contributed by atoms with Crippen molar-refractivity contribution in [2.24, 2.45) is 0 Å². The zero-order valence-corrected chi connectivity index (χ0v) is 13.0. The molecule has 0 saturated carbocycles. The number of carboxylic acids is 1. The summed E-state index contributed by atoms with van der Waals surface area (Å²) in [6, 6.07) is 5.25. The lowest BCUT2D eigenvalue weighted by Gasteiger charge is -2.25. The Morgan fingerprint density at radius 2 is 1.91 bits per heavy atom. The molecule has 0 radical (unpaired) electrons. The van der Waals surface area contributed by atoms with Crippen LogP contribution in [0.25, 0.3) is 0 Å². The van der Waals surface area contributed by atoms with Gasteiger partial charge in [-0.3, -0.25) is 0 Å². The Hall–Kier alpha value is -2.28. The monoisotopic (exact) mass is 311 g/mol. The SMILES string of the molecule is COc1cccc([C@H](NC(=O)OC(C)(C)C)[C@H](O)C(=O)O)c1. The molecule has 0 fully saturated rings. The fraction of sp³-hybridized carbons (Fsp3) is 0.467. The molecular weight excluding hydrogens is 290 g/mol. The number of aliphatic carboxylic acids is 1. The van der Waals surface area contributed by atoms with Gasteiger partial charge in [-0.15, -0.1) is 0 Å². The van der Waals surface area contributed by atoms with Gasteiger partial charge in [-0.05, 0) is 38.5 Å². The van der Waals surface area contributed by atoms with Crippen molar-refractivity contribution < 1.29 is 29.3 Å². The van der Waals surface area contributed by atoms with Gasteiger partial charge < -0.3 is 25.0 Å². The van der Waals surface area contributed by atoms with Crippen LogP contribution in [0, 0.1) is 0 Å². The van der Waals surface area contributed by atoms with Crippen molar-refractivity contribution in [1.82, 2.24) is 5.32 Å². The molecule has 7 nitrogen and oxygen atoms in total. The fourth-order valence-electron chi connectivity index (χ4n) is 1.76. The highest BCUT2D eigenvalue weighted by molar-refractivity contribution is 5.76. The maximum atomic E-state index is 11.9. The Kier molecular flexibility index (Phi) is 5.76. The maximum Gasteiger partial charge on any atom is 0.408 e. The number of amides is 1. The van der Waals surface area contributed by atoms with E-state index < -0.39 is 29.8 Å². The van der Waals surface area contributed by atoms with Gasteiger partial charge in [-0.1, -0.05) is 12.1 Å². The van der Waals surface area contributed by atoms with Gasteiger partial charge in [0.15, 0.2) is 6.10 Å². The minimum absolute atomic E-state index is 0.389. The van der Waals surface area contributed by atoms with Gasteiger partial charge in [-0.2, -0.15) is 0 Å². The van der Waals surface area contributed by atoms with E-state index in [1.165, 1.54) is 13.2 Å². The summed E-state index contributed by atoms with van der Waals surface area (Å²) in [7, 11) is 1.46. The third kappa shape index (κ3) is 5.25. The molecule has 0 aliphatic carbocycles. The molecule has 7 heteroatoms. The van der Waals surface area contributed by atoms with Crippen LogP contribution in [0.1, 0.15) is 32.4 Å². The van der Waals surface area contributed by atoms with Gasteiger partial charge in [0.2, 0.25) is 0 Å². The second-order valence-corrected chi connectivity index (χ2v) is 5.68. The van der Waals surface area contributed by atoms with E-state index in [2.05, 4.69) is 5.32 Å². The molecule has 3 N–H and O–H groups in total. The highest BCUT2D eigenvalue weighted by Crippen LogP contribution is 2.23. The number of methoxy groups -OCH3 is 1. The van der Waals surface area contributed by atoms with E-state index in [4.69, 9.17) is 14.6 Å². The third-order valence-electron chi connectivity index (χ3n) is 2.69. The zero-order chi connectivity index (χ0) is 16.9. The first kappa shape index (κ1) is 17.8. The number of carbonyl (C=O) groups excluding carboxylic acids is 1. The van der Waals surface area contributed by atoms with Crippen molar-refractivity contribution in [3.63, 3.8) is 0 Å². The number of rotatable bonds is 5. The van der Waals surface area contributed by atoms with Crippen molar-refractivity contribution in [1.29, 1.82) is 0 Å². The van der Waals surface area contributed by atoms with Gasteiger partial charge >= 0.3 is 12.1 Å². The van der Waals surface area contributed by atoms with Crippen LogP contribution in [0.5, 0.6) is 5.75 Å². The van der Waals surface area contributed by atoms with Gasteiger partial charge in [0.05, 0.1) is 13.2 Å². The Labute approximate surface area is 128 Å². The summed E-state index contributed by atoms with van der Waals surface area (Å²) in [5.41, 5.74) is -0.350. The predicted octanol–water partition coefficient (Wildman–Crippen LogP) is 1.71. The fourth-order valence-corrected chi connectivity index (χ4v) is 1.76. The van der Waals surface area contributed by atoms with Crippen LogP contribution < -0.4 is 10.1 Å². The Bertz CT molecular complexity index is 537. The Morgan fingerprint density at radius 1 is 1.27 bits per heavy atom. The van der Waals surface area contributed by atoms with Gasteiger partial charge in [0.1, 0.15) is 11.4 Å². The van der Waals surface area contributed by atoms with Crippen molar-refractivity contribution >= 4 is 12.1 Å². The number of hydrogen-bond acceptors (Lipinski definition) is 5. The molecule has 1 aromatic rings. The quantitative estimate of drug-likeness (QED) is 0.764.